The Morgan fingerprint density at radius 3 is 1.92 bits per heavy atom. The van der Waals surface area contributed by atoms with Crippen LogP contribution in [0, 0.1) is 0 Å². The monoisotopic (exact) mass is 265 g/mol. The number of hydrogen-bond donors (Lipinski definition) is 1. The lowest BCUT2D eigenvalue weighted by Crippen LogP contribution is -1.98. The SMILES string of the molecule is C.CCS.CCSSCS(=O)(=O)[O-]. The van der Waals surface area contributed by atoms with Crippen LogP contribution in [0.3, 0.4) is 0 Å². The van der Waals surface area contributed by atoms with Gasteiger partial charge >= 0.3 is 0 Å². The van der Waals surface area contributed by atoms with Gasteiger partial charge in [0, 0.05) is 5.75 Å². The van der Waals surface area contributed by atoms with Crippen LogP contribution in [-0.2, 0) is 10.1 Å². The molecule has 0 bridgehead atoms. The fourth-order valence-corrected chi connectivity index (χ4v) is 3.26. The molecule has 0 aliphatic rings. The Bertz CT molecular complexity index is 167. The van der Waals surface area contributed by atoms with Gasteiger partial charge in [-0.25, -0.2) is 8.42 Å². The van der Waals surface area contributed by atoms with Gasteiger partial charge < -0.3 is 4.55 Å². The molecule has 0 amide bonds. The molecule has 0 saturated heterocycles. The molecule has 3 nitrogen and oxygen atoms in total. The van der Waals surface area contributed by atoms with Crippen molar-refractivity contribution in [2.75, 3.05) is 16.6 Å². The van der Waals surface area contributed by atoms with Gasteiger partial charge in [-0.1, -0.05) is 42.9 Å². The first-order valence-electron chi connectivity index (χ1n) is 3.26. The van der Waals surface area contributed by atoms with Crippen molar-refractivity contribution in [2.45, 2.75) is 21.3 Å². The summed E-state index contributed by atoms with van der Waals surface area (Å²) in [5.41, 5.74) is 0. The maximum atomic E-state index is 9.92. The van der Waals surface area contributed by atoms with Gasteiger partial charge in [0.15, 0.2) is 0 Å². The molecule has 0 aromatic rings. The average Bonchev–Trinajstić information content (AvgIpc) is 1.87. The molecule has 0 aromatic heterocycles. The van der Waals surface area contributed by atoms with E-state index in [0.717, 1.165) is 22.3 Å². The molecule has 0 aliphatic carbocycles. The molecule has 0 aliphatic heterocycles. The molecule has 0 heterocycles. The fraction of sp³-hybridized carbons (Fsp3) is 1.00. The lowest BCUT2D eigenvalue weighted by molar-refractivity contribution is 0.469. The minimum Gasteiger partial charge on any atom is -0.747 e. The molecule has 0 rings (SSSR count). The molecule has 0 N–H and O–H groups in total. The standard InChI is InChI=1S/C3H8O3S3.C2H6S.CH4/c1-2-7-8-3-9(4,5)6;1-2-3;/h2-3H2,1H3,(H,4,5,6);3H,2H2,1H3;1H4/p-1. The Kier molecular flexibility index (Phi) is 19.5. The largest absolute Gasteiger partial charge is 0.747 e. The smallest absolute Gasteiger partial charge is 0.105 e. The van der Waals surface area contributed by atoms with E-state index in [4.69, 9.17) is 0 Å². The van der Waals surface area contributed by atoms with Gasteiger partial charge in [-0.3, -0.25) is 0 Å². The molecule has 0 unspecified atom stereocenters. The van der Waals surface area contributed by atoms with Gasteiger partial charge in [0.05, 0.1) is 5.08 Å². The van der Waals surface area contributed by atoms with Crippen molar-refractivity contribution < 1.29 is 13.0 Å². The van der Waals surface area contributed by atoms with Crippen LogP contribution in [0.15, 0.2) is 0 Å². The van der Waals surface area contributed by atoms with E-state index in [0.29, 0.717) is 0 Å². The summed E-state index contributed by atoms with van der Waals surface area (Å²) in [5.74, 6) is 1.76. The quantitative estimate of drug-likeness (QED) is 0.366. The maximum absolute atomic E-state index is 9.92. The van der Waals surface area contributed by atoms with Gasteiger partial charge in [-0.05, 0) is 5.75 Å². The number of hydrogen-bond acceptors (Lipinski definition) is 6. The summed E-state index contributed by atoms with van der Waals surface area (Å²) in [6.07, 6.45) is 0. The second-order valence-electron chi connectivity index (χ2n) is 1.52. The highest BCUT2D eigenvalue weighted by atomic mass is 33.1. The van der Waals surface area contributed by atoms with Crippen molar-refractivity contribution in [3.8, 4) is 0 Å². The third kappa shape index (κ3) is 32.1. The number of rotatable bonds is 4. The van der Waals surface area contributed by atoms with Crippen LogP contribution in [0.2, 0.25) is 0 Å². The molecule has 84 valence electrons. The van der Waals surface area contributed by atoms with E-state index in [1.165, 1.54) is 10.8 Å². The first-order valence-corrected chi connectivity index (χ1v) is 7.96. The molecule has 13 heavy (non-hydrogen) atoms. The van der Waals surface area contributed by atoms with Gasteiger partial charge in [-0.15, -0.1) is 0 Å². The topological polar surface area (TPSA) is 57.2 Å². The van der Waals surface area contributed by atoms with Crippen molar-refractivity contribution in [3.63, 3.8) is 0 Å². The Morgan fingerprint density at radius 1 is 1.31 bits per heavy atom. The third-order valence-electron chi connectivity index (χ3n) is 0.394. The van der Waals surface area contributed by atoms with Crippen LogP contribution < -0.4 is 0 Å². The van der Waals surface area contributed by atoms with E-state index in [1.807, 2.05) is 13.8 Å². The molecular weight excluding hydrogens is 248 g/mol. The van der Waals surface area contributed by atoms with Crippen LogP contribution in [0.25, 0.3) is 0 Å². The van der Waals surface area contributed by atoms with Crippen LogP contribution in [0.5, 0.6) is 0 Å². The van der Waals surface area contributed by atoms with E-state index >= 15 is 0 Å². The molecule has 0 spiro atoms. The van der Waals surface area contributed by atoms with Gasteiger partial charge in [-0.2, -0.15) is 12.6 Å². The Balaban J connectivity index is -0.000000220. The van der Waals surface area contributed by atoms with E-state index in [2.05, 4.69) is 12.6 Å². The van der Waals surface area contributed by atoms with E-state index in [1.54, 1.807) is 0 Å². The molecule has 0 aromatic carbocycles. The van der Waals surface area contributed by atoms with Crippen molar-refractivity contribution in [2.24, 2.45) is 0 Å². The first kappa shape index (κ1) is 19.5. The highest BCUT2D eigenvalue weighted by Gasteiger charge is 1.93. The average molecular weight is 265 g/mol. The fourth-order valence-electron chi connectivity index (χ4n) is 0.176. The lowest BCUT2D eigenvalue weighted by atomic mass is 11.0. The maximum Gasteiger partial charge on any atom is 0.105 e. The zero-order valence-corrected chi connectivity index (χ0v) is 10.4. The summed E-state index contributed by atoms with van der Waals surface area (Å²) < 4.78 is 29.7. The Labute approximate surface area is 95.0 Å². The molecular formula is C6H17O3S4-. The van der Waals surface area contributed by atoms with E-state index in [-0.39, 0.29) is 12.5 Å². The summed E-state index contributed by atoms with van der Waals surface area (Å²) >= 11 is 3.79. The van der Waals surface area contributed by atoms with Gasteiger partial charge in [0.2, 0.25) is 0 Å². The predicted octanol–water partition coefficient (Wildman–Crippen LogP) is 2.46. The first-order chi connectivity index (χ1) is 5.47. The van der Waals surface area contributed by atoms with Crippen molar-refractivity contribution in [1.29, 1.82) is 0 Å². The highest BCUT2D eigenvalue weighted by molar-refractivity contribution is 8.77. The highest BCUT2D eigenvalue weighted by Crippen LogP contribution is 2.21. The second-order valence-corrected chi connectivity index (χ2v) is 6.67. The minimum absolute atomic E-state index is 0. The van der Waals surface area contributed by atoms with Crippen LogP contribution in [0.1, 0.15) is 21.3 Å². The molecule has 0 radical (unpaired) electrons. The zero-order valence-electron chi connectivity index (χ0n) is 7.02. The van der Waals surface area contributed by atoms with Gasteiger partial charge in [0.1, 0.15) is 10.1 Å². The Morgan fingerprint density at radius 2 is 1.69 bits per heavy atom. The van der Waals surface area contributed by atoms with E-state index < -0.39 is 10.1 Å². The molecule has 0 atom stereocenters. The molecule has 7 heteroatoms. The minimum atomic E-state index is -4.00. The summed E-state index contributed by atoms with van der Waals surface area (Å²) in [4.78, 5) is 0. The summed E-state index contributed by atoms with van der Waals surface area (Å²) in [6, 6.07) is 0. The van der Waals surface area contributed by atoms with E-state index in [9.17, 15) is 13.0 Å². The summed E-state index contributed by atoms with van der Waals surface area (Å²) in [6.45, 7) is 3.89. The van der Waals surface area contributed by atoms with Gasteiger partial charge in [0.25, 0.3) is 0 Å². The number of thiol groups is 1. The van der Waals surface area contributed by atoms with Crippen molar-refractivity contribution >= 4 is 44.3 Å². The van der Waals surface area contributed by atoms with Crippen LogP contribution in [-0.4, -0.2) is 29.6 Å². The zero-order chi connectivity index (χ0) is 10.0. The lowest BCUT2D eigenvalue weighted by Gasteiger charge is -2.03. The molecule has 0 fully saturated rings. The predicted molar refractivity (Wildman–Crippen MR) is 66.5 cm³/mol. The normalized spacial score (nSPS) is 9.54. The summed E-state index contributed by atoms with van der Waals surface area (Å²) in [5, 5.41) is -0.328. The summed E-state index contributed by atoms with van der Waals surface area (Å²) in [7, 11) is -1.56. The van der Waals surface area contributed by atoms with Crippen LogP contribution >= 0.6 is 34.2 Å². The van der Waals surface area contributed by atoms with Crippen molar-refractivity contribution in [1.82, 2.24) is 0 Å². The second kappa shape index (κ2) is 13.0. The molecule has 0 saturated carbocycles. The third-order valence-corrected chi connectivity index (χ3v) is 4.41. The van der Waals surface area contributed by atoms with Crippen molar-refractivity contribution in [3.05, 3.63) is 0 Å². The Hall–Kier alpha value is 0.960. The van der Waals surface area contributed by atoms with Crippen LogP contribution in [0.4, 0.5) is 0 Å².